The van der Waals surface area contributed by atoms with Crippen molar-refractivity contribution in [3.63, 3.8) is 0 Å². The van der Waals surface area contributed by atoms with E-state index in [1.165, 1.54) is 67.2 Å². The Morgan fingerprint density at radius 3 is 0.918 bits per heavy atom. The number of benzene rings is 12. The highest BCUT2D eigenvalue weighted by Gasteiger charge is 2.24. The molecule has 0 spiro atoms. The third kappa shape index (κ3) is 19.1. The van der Waals surface area contributed by atoms with E-state index in [2.05, 4.69) is 305 Å². The maximum atomic E-state index is 13.3. The number of carbonyl (C=O) groups excluding carboxylic acids is 3. The normalized spacial score (nSPS) is 12.1. The number of nitrogens with one attached hydrogen (secondary N) is 3. The number of nitrogens with zero attached hydrogens (tertiary/aromatic N) is 6. The lowest BCUT2D eigenvalue weighted by Gasteiger charge is -2.22. The second-order valence-corrected chi connectivity index (χ2v) is 34.7. The molecule has 0 saturated carbocycles. The van der Waals surface area contributed by atoms with Gasteiger partial charge in [0.1, 0.15) is 0 Å². The Kier molecular flexibility index (Phi) is 25.9. The predicted molar refractivity (Wildman–Crippen MR) is 504 cm³/mol. The van der Waals surface area contributed by atoms with Gasteiger partial charge in [-0.05, 0) is 234 Å². The summed E-state index contributed by atoms with van der Waals surface area (Å²) in [6, 6.07) is 91.7. The molecule has 0 aliphatic rings. The van der Waals surface area contributed by atoms with Gasteiger partial charge in [0.05, 0.1) is 37.8 Å². The van der Waals surface area contributed by atoms with Crippen molar-refractivity contribution in [1.29, 1.82) is 0 Å². The van der Waals surface area contributed by atoms with Crippen LogP contribution in [0.25, 0.3) is 80.6 Å². The molecule has 0 radical (unpaired) electrons. The fourth-order valence-corrected chi connectivity index (χ4v) is 16.2. The van der Waals surface area contributed by atoms with Gasteiger partial charge in [-0.25, -0.2) is 14.5 Å². The van der Waals surface area contributed by atoms with Crippen LogP contribution in [0.4, 0.5) is 17.1 Å². The molecule has 612 valence electrons. The van der Waals surface area contributed by atoms with E-state index in [1.54, 1.807) is 0 Å². The van der Waals surface area contributed by atoms with E-state index in [-0.39, 0.29) is 46.7 Å². The number of para-hydroxylation sites is 3. The van der Waals surface area contributed by atoms with E-state index in [0.717, 1.165) is 102 Å². The van der Waals surface area contributed by atoms with Gasteiger partial charge < -0.3 is 29.7 Å². The molecule has 12 aromatic carbocycles. The van der Waals surface area contributed by atoms with Crippen molar-refractivity contribution in [3.05, 3.63) is 408 Å². The van der Waals surface area contributed by atoms with E-state index in [9.17, 15) is 14.4 Å². The molecule has 15 rings (SSSR count). The van der Waals surface area contributed by atoms with Crippen LogP contribution >= 0.6 is 0 Å². The lowest BCUT2D eigenvalue weighted by atomic mass is 9.85. The van der Waals surface area contributed by atoms with Gasteiger partial charge in [-0.1, -0.05) is 274 Å². The van der Waals surface area contributed by atoms with Gasteiger partial charge >= 0.3 is 0 Å². The largest absolute Gasteiger partial charge is 0.346 e. The maximum absolute atomic E-state index is 13.3. The number of fused-ring (bicyclic) bond motifs is 3. The molecule has 0 fully saturated rings. The number of amides is 3. The summed E-state index contributed by atoms with van der Waals surface area (Å²) in [7, 11) is 0. The Morgan fingerprint density at radius 2 is 0.615 bits per heavy atom. The maximum Gasteiger partial charge on any atom is 0.251 e. The van der Waals surface area contributed by atoms with E-state index in [1.807, 2.05) is 130 Å². The molecule has 0 aliphatic carbocycles. The lowest BCUT2D eigenvalue weighted by molar-refractivity contribution is 0.0931. The summed E-state index contributed by atoms with van der Waals surface area (Å²) in [6.45, 7) is 61.0. The van der Waals surface area contributed by atoms with Crippen molar-refractivity contribution < 1.29 is 14.4 Å². The van der Waals surface area contributed by atoms with Gasteiger partial charge in [0.25, 0.3) is 17.7 Å². The van der Waals surface area contributed by atoms with Crippen LogP contribution in [0, 0.1) is 61.3 Å². The Morgan fingerprint density at radius 1 is 0.320 bits per heavy atom. The monoisotopic (exact) mass is 1600 g/mol. The minimum atomic E-state index is -0.0994. The van der Waals surface area contributed by atoms with E-state index < -0.39 is 0 Å². The van der Waals surface area contributed by atoms with Gasteiger partial charge in [-0.3, -0.25) is 14.4 Å². The highest BCUT2D eigenvalue weighted by Crippen LogP contribution is 2.38. The summed E-state index contributed by atoms with van der Waals surface area (Å²) < 4.78 is 6.94. The first-order valence-corrected chi connectivity index (χ1v) is 42.1. The third-order valence-electron chi connectivity index (χ3n) is 24.3. The Labute approximate surface area is 720 Å². The summed E-state index contributed by atoms with van der Waals surface area (Å²) in [5, 5.41) is 12.8. The SMILES string of the molecule is [C-]#[N+]c1ccccc1-c1ccc(Cn2c(C)c(C)c3cc(C(=O)N[C@@H](C)c4ccc(C(C)(C)C)cc4)ccc32)cc1.[C-]#[N+]c1ccccc1-c1ccc(Cn2c(C)c(C)c3cc(C(=O)N[C@@H](C)c4ccc(C(C)C)cc4)ccc32)cc1.[C-]#[N+]c1ccccc1-c1ccc(Cn2c(C)c(C)c3cc(C(=O)N[C@@H](C)c4cccc(C(C)(C)C)c4)ccc32)cc1. The van der Waals surface area contributed by atoms with Crippen LogP contribution in [-0.2, 0) is 30.5 Å². The average Bonchev–Trinajstić information content (AvgIpc) is 1.63. The first-order chi connectivity index (χ1) is 58.4. The number of carbonyl (C=O) groups is 3. The molecular formula is C110H109N9O3. The van der Waals surface area contributed by atoms with E-state index in [0.29, 0.717) is 39.7 Å². The summed E-state index contributed by atoms with van der Waals surface area (Å²) in [4.78, 5) is 50.7. The Bertz CT molecular complexity index is 6520. The quantitative estimate of drug-likeness (QED) is 0.0701. The smallest absolute Gasteiger partial charge is 0.251 e. The molecular weight excluding hydrogens is 1500 g/mol. The van der Waals surface area contributed by atoms with Crippen LogP contribution in [0.2, 0.25) is 0 Å². The molecule has 12 heteroatoms. The fourth-order valence-electron chi connectivity index (χ4n) is 16.2. The predicted octanol–water partition coefficient (Wildman–Crippen LogP) is 27.8. The van der Waals surface area contributed by atoms with Crippen LogP contribution in [0.15, 0.2) is 273 Å². The molecule has 12 nitrogen and oxygen atoms in total. The van der Waals surface area contributed by atoms with Gasteiger partial charge in [0, 0.05) is 86.1 Å². The van der Waals surface area contributed by atoms with Gasteiger partial charge in [-0.2, -0.15) is 0 Å². The highest BCUT2D eigenvalue weighted by atomic mass is 16.2. The molecule has 3 aromatic heterocycles. The van der Waals surface area contributed by atoms with Crippen LogP contribution in [-0.4, -0.2) is 31.4 Å². The zero-order valence-electron chi connectivity index (χ0n) is 73.3. The molecule has 3 amide bonds. The van der Waals surface area contributed by atoms with Gasteiger partial charge in [-0.15, -0.1) is 0 Å². The standard InChI is InChI=1S/2C37H37N3O.C36H35N3O/c1-24-26(3)40(23-27-15-17-28(18-16-27)32-13-8-9-14-34(32)38-7)35-20-19-30(22-33(24)35)36(41)39-25(2)29-11-10-12-31(21-29)37(4,5)6;1-24-26(3)40(23-27-12-14-29(15-13-27)32-10-8-9-11-34(32)38-7)35-21-18-30(22-33(24)35)36(41)39-25(2)28-16-19-31(20-17-28)37(4,5)6;1-23(2)28-15-17-29(18-16-28)25(4)38-36(40)31-19-20-35-33(21-31)24(3)26(5)39(35)22-27-11-13-30(14-12-27)32-9-7-8-10-34(32)37-6/h2*8-22,25H,23H2,1-6H3,(H,39,41);7-21,23,25H,22H2,1-5H3,(H,38,40)/t3*25-/m000/s1. The molecule has 3 heterocycles. The van der Waals surface area contributed by atoms with Crippen LogP contribution < -0.4 is 16.0 Å². The third-order valence-corrected chi connectivity index (χ3v) is 24.3. The van der Waals surface area contributed by atoms with Crippen molar-refractivity contribution in [1.82, 2.24) is 29.7 Å². The van der Waals surface area contributed by atoms with Crippen LogP contribution in [0.5, 0.6) is 0 Å². The van der Waals surface area contributed by atoms with Crippen molar-refractivity contribution >= 4 is 67.5 Å². The highest BCUT2D eigenvalue weighted by molar-refractivity contribution is 6.02. The topological polar surface area (TPSA) is 115 Å². The molecule has 15 aromatic rings. The molecule has 122 heavy (non-hydrogen) atoms. The molecule has 3 atom stereocenters. The Balaban J connectivity index is 0.000000158. The molecule has 0 saturated heterocycles. The molecule has 0 aliphatic heterocycles. The molecule has 0 unspecified atom stereocenters. The summed E-state index contributed by atoms with van der Waals surface area (Å²) >= 11 is 0. The van der Waals surface area contributed by atoms with Crippen LogP contribution in [0.1, 0.15) is 215 Å². The minimum Gasteiger partial charge on any atom is -0.346 e. The zero-order chi connectivity index (χ0) is 87.0. The second-order valence-electron chi connectivity index (χ2n) is 34.7. The summed E-state index contributed by atoms with van der Waals surface area (Å²) in [6.07, 6.45) is 0. The fraction of sp³-hybridized carbons (Fsp3) is 0.236. The molecule has 0 bridgehead atoms. The van der Waals surface area contributed by atoms with Gasteiger partial charge in [0.2, 0.25) is 0 Å². The Hall–Kier alpha value is -13.9. The minimum absolute atomic E-state index is 0.0548. The van der Waals surface area contributed by atoms with Crippen LogP contribution in [0.3, 0.4) is 0 Å². The van der Waals surface area contributed by atoms with Crippen molar-refractivity contribution in [2.24, 2.45) is 0 Å². The lowest BCUT2D eigenvalue weighted by Crippen LogP contribution is -2.27. The first-order valence-electron chi connectivity index (χ1n) is 42.1. The first kappa shape index (κ1) is 86.0. The van der Waals surface area contributed by atoms with E-state index in [4.69, 9.17) is 19.7 Å². The molecule has 3 N–H and O–H groups in total. The summed E-state index contributed by atoms with van der Waals surface area (Å²) in [5.41, 5.74) is 31.3. The zero-order valence-corrected chi connectivity index (χ0v) is 73.3. The summed E-state index contributed by atoms with van der Waals surface area (Å²) in [5.74, 6) is 0.277. The number of hydrogen-bond acceptors (Lipinski definition) is 3. The van der Waals surface area contributed by atoms with Crippen molar-refractivity contribution in [2.45, 2.75) is 172 Å². The average molecular weight is 1610 g/mol. The number of rotatable bonds is 19. The van der Waals surface area contributed by atoms with Crippen molar-refractivity contribution in [3.8, 4) is 33.4 Å². The van der Waals surface area contributed by atoms with Gasteiger partial charge in [0.15, 0.2) is 17.1 Å². The second kappa shape index (κ2) is 36.8. The number of hydrogen-bond donors (Lipinski definition) is 3. The number of aromatic nitrogens is 3. The van der Waals surface area contributed by atoms with E-state index >= 15 is 0 Å². The van der Waals surface area contributed by atoms with Crippen molar-refractivity contribution in [2.75, 3.05) is 0 Å². The number of aryl methyl sites for hydroxylation is 3.